The quantitative estimate of drug-likeness (QED) is 0.316. The number of nitrogens with zero attached hydrogens (tertiary/aromatic N) is 3. The van der Waals surface area contributed by atoms with Crippen molar-refractivity contribution >= 4 is 22.6 Å². The lowest BCUT2D eigenvalue weighted by Crippen LogP contribution is -2.40. The van der Waals surface area contributed by atoms with Crippen LogP contribution >= 0.6 is 11.6 Å². The molecule has 0 aliphatic carbocycles. The highest BCUT2D eigenvalue weighted by atomic mass is 35.5. The van der Waals surface area contributed by atoms with Crippen molar-refractivity contribution in [1.29, 1.82) is 0 Å². The highest BCUT2D eigenvalue weighted by Crippen LogP contribution is 2.34. The molecule has 5 rings (SSSR count). The van der Waals surface area contributed by atoms with E-state index in [0.29, 0.717) is 53.0 Å². The summed E-state index contributed by atoms with van der Waals surface area (Å²) in [5, 5.41) is 20.0. The Morgan fingerprint density at radius 1 is 1.08 bits per heavy atom. The second kappa shape index (κ2) is 10.9. The molecule has 2 aromatic carbocycles. The Bertz CT molecular complexity index is 1310. The molecule has 0 radical (unpaired) electrons. The summed E-state index contributed by atoms with van der Waals surface area (Å²) >= 11 is 6.38. The summed E-state index contributed by atoms with van der Waals surface area (Å²) in [4.78, 5) is 2.29. The van der Waals surface area contributed by atoms with Crippen LogP contribution in [0.3, 0.4) is 0 Å². The van der Waals surface area contributed by atoms with Crippen LogP contribution in [-0.4, -0.2) is 59.2 Å². The van der Waals surface area contributed by atoms with E-state index in [4.69, 9.17) is 29.9 Å². The van der Waals surface area contributed by atoms with Gasteiger partial charge in [0.1, 0.15) is 29.8 Å². The normalized spacial score (nSPS) is 15.9. The fourth-order valence-electron chi connectivity index (χ4n) is 4.69. The van der Waals surface area contributed by atoms with Crippen molar-refractivity contribution in [2.45, 2.75) is 38.7 Å². The van der Waals surface area contributed by atoms with Crippen LogP contribution in [0.15, 0.2) is 51.3 Å². The fraction of sp³-hybridized carbons (Fsp3) is 0.407. The number of hydrogen-bond acceptors (Lipinski definition) is 8. The number of hydrogen-bond donors (Lipinski definition) is 1. The van der Waals surface area contributed by atoms with Crippen LogP contribution in [0.1, 0.15) is 37.1 Å². The fourth-order valence-corrected chi connectivity index (χ4v) is 4.93. The lowest BCUT2D eigenvalue weighted by Gasteiger charge is -2.33. The molecule has 4 aromatic rings. The van der Waals surface area contributed by atoms with Gasteiger partial charge in [-0.25, -0.2) is 0 Å². The summed E-state index contributed by atoms with van der Waals surface area (Å²) in [6.07, 6.45) is 1.43. The van der Waals surface area contributed by atoms with Gasteiger partial charge in [0.2, 0.25) is 5.89 Å². The summed E-state index contributed by atoms with van der Waals surface area (Å²) in [6, 6.07) is 13.5. The highest BCUT2D eigenvalue weighted by Gasteiger charge is 2.23. The third kappa shape index (κ3) is 5.51. The van der Waals surface area contributed by atoms with Gasteiger partial charge in [-0.3, -0.25) is 0 Å². The molecule has 1 aliphatic heterocycles. The first-order valence-corrected chi connectivity index (χ1v) is 12.7. The molecular formula is C27H30ClN3O5. The lowest BCUT2D eigenvalue weighted by atomic mass is 9.89. The van der Waals surface area contributed by atoms with Crippen molar-refractivity contribution in [3.8, 4) is 23.1 Å². The third-order valence-electron chi connectivity index (χ3n) is 6.47. The number of likely N-dealkylation sites (tertiary alicyclic amines) is 1. The molecule has 0 saturated carbocycles. The molecule has 36 heavy (non-hydrogen) atoms. The van der Waals surface area contributed by atoms with E-state index >= 15 is 0 Å². The average Bonchev–Trinajstić information content (AvgIpc) is 3.51. The first-order chi connectivity index (χ1) is 17.5. The summed E-state index contributed by atoms with van der Waals surface area (Å²) in [5.74, 6) is 3.11. The van der Waals surface area contributed by atoms with E-state index in [-0.39, 0.29) is 6.61 Å². The molecule has 1 aliphatic rings. The molecule has 9 heteroatoms. The van der Waals surface area contributed by atoms with E-state index in [0.717, 1.165) is 37.1 Å². The maximum absolute atomic E-state index is 10.7. The van der Waals surface area contributed by atoms with E-state index in [9.17, 15) is 5.11 Å². The van der Waals surface area contributed by atoms with Crippen LogP contribution in [0.5, 0.6) is 11.5 Å². The van der Waals surface area contributed by atoms with Crippen LogP contribution < -0.4 is 9.47 Å². The van der Waals surface area contributed by atoms with Gasteiger partial charge in [-0.2, -0.15) is 0 Å². The number of furan rings is 1. The number of aromatic nitrogens is 2. The number of ether oxygens (including phenoxy) is 2. The predicted molar refractivity (Wildman–Crippen MR) is 137 cm³/mol. The van der Waals surface area contributed by atoms with Crippen molar-refractivity contribution < 1.29 is 23.4 Å². The summed E-state index contributed by atoms with van der Waals surface area (Å²) in [5.41, 5.74) is 1.90. The number of rotatable bonds is 9. The summed E-state index contributed by atoms with van der Waals surface area (Å²) in [7, 11) is 0. The number of aryl methyl sites for hydroxylation is 1. The van der Waals surface area contributed by atoms with E-state index in [1.807, 2.05) is 43.3 Å². The van der Waals surface area contributed by atoms with Gasteiger partial charge >= 0.3 is 0 Å². The van der Waals surface area contributed by atoms with Gasteiger partial charge in [0.15, 0.2) is 5.76 Å². The van der Waals surface area contributed by atoms with Gasteiger partial charge in [-0.05, 0) is 68.6 Å². The maximum Gasteiger partial charge on any atom is 0.283 e. The lowest BCUT2D eigenvalue weighted by molar-refractivity contribution is 0.0599. The zero-order chi connectivity index (χ0) is 25.1. The first kappa shape index (κ1) is 24.6. The zero-order valence-electron chi connectivity index (χ0n) is 20.4. The molecule has 190 valence electrons. The Labute approximate surface area is 214 Å². The van der Waals surface area contributed by atoms with E-state index < -0.39 is 6.10 Å². The Hall–Kier alpha value is -3.07. The maximum atomic E-state index is 10.7. The molecule has 1 unspecified atom stereocenters. The van der Waals surface area contributed by atoms with E-state index in [2.05, 4.69) is 21.2 Å². The van der Waals surface area contributed by atoms with Crippen molar-refractivity contribution in [3.05, 3.63) is 58.9 Å². The second-order valence-electron chi connectivity index (χ2n) is 9.07. The monoisotopic (exact) mass is 511 g/mol. The predicted octanol–water partition coefficient (Wildman–Crippen LogP) is 5.46. The van der Waals surface area contributed by atoms with Gasteiger partial charge < -0.3 is 28.3 Å². The zero-order valence-corrected chi connectivity index (χ0v) is 21.2. The van der Waals surface area contributed by atoms with Crippen molar-refractivity contribution in [2.24, 2.45) is 0 Å². The number of benzene rings is 2. The standard InChI is InChI=1S/C27H30ClN3O5/c1-3-33-25-8-7-19(13-22(25)28)18-9-11-31(12-10-18)15-20(32)16-34-23-5-4-6-24-21(23)14-26(36-24)27-30-29-17(2)35-27/h4-8,13-14,18,20,32H,3,9-12,15-16H2,1-2H3. The molecule has 0 spiro atoms. The Kier molecular flexibility index (Phi) is 7.46. The summed E-state index contributed by atoms with van der Waals surface area (Å²) in [6.45, 7) is 6.85. The van der Waals surface area contributed by atoms with Gasteiger partial charge in [0.25, 0.3) is 5.89 Å². The van der Waals surface area contributed by atoms with Crippen LogP contribution in [-0.2, 0) is 0 Å². The smallest absolute Gasteiger partial charge is 0.283 e. The van der Waals surface area contributed by atoms with Gasteiger partial charge in [0.05, 0.1) is 17.0 Å². The number of piperidine rings is 1. The molecule has 1 N–H and O–H groups in total. The molecule has 2 aromatic heterocycles. The average molecular weight is 512 g/mol. The van der Waals surface area contributed by atoms with Crippen LogP contribution in [0, 0.1) is 6.92 Å². The highest BCUT2D eigenvalue weighted by molar-refractivity contribution is 6.32. The molecule has 1 atom stereocenters. The minimum absolute atomic E-state index is 0.188. The first-order valence-electron chi connectivity index (χ1n) is 12.3. The number of fused-ring (bicyclic) bond motifs is 1. The van der Waals surface area contributed by atoms with Crippen molar-refractivity contribution in [2.75, 3.05) is 32.8 Å². The van der Waals surface area contributed by atoms with E-state index in [1.165, 1.54) is 5.56 Å². The van der Waals surface area contributed by atoms with Gasteiger partial charge in [-0.1, -0.05) is 23.7 Å². The SMILES string of the molecule is CCOc1ccc(C2CCN(CC(O)COc3cccc4oc(-c5nnc(C)o5)cc34)CC2)cc1Cl. The number of β-amino-alcohol motifs (C(OH)–C–C–N with tert-alkyl or cyclic N) is 1. The Morgan fingerprint density at radius 2 is 1.92 bits per heavy atom. The second-order valence-corrected chi connectivity index (χ2v) is 9.47. The van der Waals surface area contributed by atoms with Crippen LogP contribution in [0.2, 0.25) is 5.02 Å². The molecule has 8 nitrogen and oxygen atoms in total. The van der Waals surface area contributed by atoms with Crippen molar-refractivity contribution in [3.63, 3.8) is 0 Å². The van der Waals surface area contributed by atoms with Crippen LogP contribution in [0.4, 0.5) is 0 Å². The van der Waals surface area contributed by atoms with Crippen LogP contribution in [0.25, 0.3) is 22.6 Å². The largest absolute Gasteiger partial charge is 0.492 e. The molecular weight excluding hydrogens is 482 g/mol. The minimum atomic E-state index is -0.610. The Morgan fingerprint density at radius 3 is 2.64 bits per heavy atom. The molecule has 1 saturated heterocycles. The minimum Gasteiger partial charge on any atom is -0.492 e. The third-order valence-corrected chi connectivity index (χ3v) is 6.77. The molecule has 1 fully saturated rings. The number of aliphatic hydroxyl groups excluding tert-OH is 1. The molecule has 3 heterocycles. The molecule has 0 amide bonds. The molecule has 0 bridgehead atoms. The Balaban J connectivity index is 1.14. The van der Waals surface area contributed by atoms with Gasteiger partial charge in [0, 0.05) is 19.5 Å². The number of aliphatic hydroxyl groups is 1. The topological polar surface area (TPSA) is 94.0 Å². The van der Waals surface area contributed by atoms with Gasteiger partial charge in [-0.15, -0.1) is 10.2 Å². The van der Waals surface area contributed by atoms with Crippen molar-refractivity contribution in [1.82, 2.24) is 15.1 Å². The number of halogens is 1. The summed E-state index contributed by atoms with van der Waals surface area (Å²) < 4.78 is 22.8. The van der Waals surface area contributed by atoms with E-state index in [1.54, 1.807) is 6.92 Å².